The Morgan fingerprint density at radius 2 is 1.92 bits per heavy atom. The summed E-state index contributed by atoms with van der Waals surface area (Å²) in [6.07, 6.45) is 2.99. The van der Waals surface area contributed by atoms with Gasteiger partial charge in [-0.25, -0.2) is 0 Å². The number of carbonyl (C=O) groups excluding carboxylic acids is 1. The van der Waals surface area contributed by atoms with Crippen LogP contribution >= 0.6 is 15.9 Å². The number of benzene rings is 1. The predicted molar refractivity (Wildman–Crippen MR) is 98.9 cm³/mol. The minimum absolute atomic E-state index is 0.0656. The summed E-state index contributed by atoms with van der Waals surface area (Å²) < 4.78 is 0.850. The van der Waals surface area contributed by atoms with Gasteiger partial charge in [-0.1, -0.05) is 17.7 Å². The quantitative estimate of drug-likeness (QED) is 0.839. The molecule has 2 atom stereocenters. The molecule has 124 valence electrons. The van der Waals surface area contributed by atoms with Gasteiger partial charge in [0.05, 0.1) is 17.7 Å². The number of aliphatic hydroxyl groups is 1. The van der Waals surface area contributed by atoms with E-state index in [0.717, 1.165) is 32.4 Å². The van der Waals surface area contributed by atoms with E-state index in [9.17, 15) is 9.90 Å². The van der Waals surface area contributed by atoms with Crippen molar-refractivity contribution in [2.45, 2.75) is 39.2 Å². The summed E-state index contributed by atoms with van der Waals surface area (Å²) in [6, 6.07) is 7.87. The molecule has 0 saturated heterocycles. The van der Waals surface area contributed by atoms with E-state index in [4.69, 9.17) is 0 Å². The number of ketones is 1. The first-order valence-electron chi connectivity index (χ1n) is 7.98. The summed E-state index contributed by atoms with van der Waals surface area (Å²) >= 11 is 3.46. The Morgan fingerprint density at radius 1 is 1.25 bits per heavy atom. The minimum atomic E-state index is -0.800. The van der Waals surface area contributed by atoms with Crippen molar-refractivity contribution in [1.82, 2.24) is 4.98 Å². The summed E-state index contributed by atoms with van der Waals surface area (Å²) in [4.78, 5) is 16.9. The molecule has 1 aliphatic rings. The lowest BCUT2D eigenvalue weighted by Crippen LogP contribution is -2.20. The summed E-state index contributed by atoms with van der Waals surface area (Å²) in [5, 5.41) is 10.8. The summed E-state index contributed by atoms with van der Waals surface area (Å²) in [5.41, 5.74) is 5.71. The Morgan fingerprint density at radius 3 is 2.54 bits per heavy atom. The molecule has 1 heterocycles. The van der Waals surface area contributed by atoms with E-state index in [1.165, 1.54) is 5.56 Å². The first kappa shape index (κ1) is 17.1. The second-order valence-electron chi connectivity index (χ2n) is 6.47. The van der Waals surface area contributed by atoms with Crippen LogP contribution in [0.25, 0.3) is 6.08 Å². The molecule has 1 fully saturated rings. The number of Topliss-reactive ketones (excluding diaryl/α,β-unsaturated/α-hetero) is 1. The van der Waals surface area contributed by atoms with Gasteiger partial charge in [0.15, 0.2) is 0 Å². The minimum Gasteiger partial charge on any atom is -0.388 e. The normalized spacial score (nSPS) is 22.4. The number of aliphatic hydroxyl groups excluding tert-OH is 1. The number of hydrogen-bond donors (Lipinski definition) is 1. The molecule has 0 spiro atoms. The highest BCUT2D eigenvalue weighted by molar-refractivity contribution is 9.10. The third-order valence-corrected chi connectivity index (χ3v) is 5.25. The Bertz CT molecular complexity index is 818. The van der Waals surface area contributed by atoms with Gasteiger partial charge in [-0.05, 0) is 77.2 Å². The fourth-order valence-corrected chi connectivity index (χ4v) is 3.99. The third-order valence-electron chi connectivity index (χ3n) is 4.58. The standard InChI is InChI=1S/C20H20BrNO2/c1-11-7-12(2)18(13(3)8-11)19-17(23)10-14(20(19)24)9-16-15(21)5-4-6-22-16/h4-9,19-20,24H,10H2,1-3H3/b14-9+. The highest BCUT2D eigenvalue weighted by Gasteiger charge is 2.39. The number of pyridine rings is 1. The maximum absolute atomic E-state index is 12.6. The van der Waals surface area contributed by atoms with Gasteiger partial charge in [0.1, 0.15) is 5.78 Å². The van der Waals surface area contributed by atoms with E-state index >= 15 is 0 Å². The van der Waals surface area contributed by atoms with Crippen molar-refractivity contribution in [2.75, 3.05) is 0 Å². The second-order valence-corrected chi connectivity index (χ2v) is 7.32. The van der Waals surface area contributed by atoms with Gasteiger partial charge < -0.3 is 5.11 Å². The van der Waals surface area contributed by atoms with Crippen LogP contribution in [-0.4, -0.2) is 22.0 Å². The fourth-order valence-electron chi connectivity index (χ4n) is 3.62. The summed E-state index contributed by atoms with van der Waals surface area (Å²) in [7, 11) is 0. The van der Waals surface area contributed by atoms with Gasteiger partial charge in [-0.2, -0.15) is 0 Å². The number of aromatic nitrogens is 1. The van der Waals surface area contributed by atoms with Crippen LogP contribution < -0.4 is 0 Å². The van der Waals surface area contributed by atoms with Gasteiger partial charge in [0, 0.05) is 17.1 Å². The van der Waals surface area contributed by atoms with Gasteiger partial charge >= 0.3 is 0 Å². The molecule has 1 saturated carbocycles. The number of halogens is 1. The van der Waals surface area contributed by atoms with E-state index in [0.29, 0.717) is 0 Å². The van der Waals surface area contributed by atoms with Crippen molar-refractivity contribution in [3.05, 3.63) is 68.5 Å². The predicted octanol–water partition coefficient (Wildman–Crippen LogP) is 4.27. The number of rotatable bonds is 2. The van der Waals surface area contributed by atoms with E-state index in [2.05, 4.69) is 33.0 Å². The van der Waals surface area contributed by atoms with Crippen molar-refractivity contribution in [3.8, 4) is 0 Å². The van der Waals surface area contributed by atoms with Crippen LogP contribution in [0.15, 0.2) is 40.5 Å². The van der Waals surface area contributed by atoms with Gasteiger partial charge in [-0.15, -0.1) is 0 Å². The molecule has 2 aromatic rings. The average Bonchev–Trinajstić information content (AvgIpc) is 2.76. The van der Waals surface area contributed by atoms with E-state index in [-0.39, 0.29) is 12.2 Å². The molecule has 1 aromatic heterocycles. The van der Waals surface area contributed by atoms with E-state index < -0.39 is 12.0 Å². The molecule has 1 N–H and O–H groups in total. The average molecular weight is 386 g/mol. The van der Waals surface area contributed by atoms with Crippen molar-refractivity contribution < 1.29 is 9.90 Å². The number of hydrogen-bond acceptors (Lipinski definition) is 3. The van der Waals surface area contributed by atoms with Gasteiger partial charge in [0.2, 0.25) is 0 Å². The number of aryl methyl sites for hydroxylation is 3. The van der Waals surface area contributed by atoms with Crippen molar-refractivity contribution in [1.29, 1.82) is 0 Å². The molecule has 3 nitrogen and oxygen atoms in total. The molecular formula is C20H20BrNO2. The Balaban J connectivity index is 2.02. The van der Waals surface area contributed by atoms with Crippen LogP contribution in [0.1, 0.15) is 40.3 Å². The highest BCUT2D eigenvalue weighted by Crippen LogP contribution is 2.39. The SMILES string of the molecule is Cc1cc(C)c(C2C(=O)C/C(=C\c3ncccc3Br)C2O)c(C)c1. The first-order chi connectivity index (χ1) is 11.4. The lowest BCUT2D eigenvalue weighted by molar-refractivity contribution is -0.119. The molecule has 24 heavy (non-hydrogen) atoms. The van der Waals surface area contributed by atoms with Crippen LogP contribution in [0.3, 0.4) is 0 Å². The lowest BCUT2D eigenvalue weighted by atomic mass is 9.86. The van der Waals surface area contributed by atoms with Crippen molar-refractivity contribution >= 4 is 27.8 Å². The Kier molecular flexibility index (Phi) is 4.70. The monoisotopic (exact) mass is 385 g/mol. The fraction of sp³-hybridized carbons (Fsp3) is 0.300. The molecule has 1 aromatic carbocycles. The Labute approximate surface area is 150 Å². The largest absolute Gasteiger partial charge is 0.388 e. The second kappa shape index (κ2) is 6.61. The van der Waals surface area contributed by atoms with E-state index in [1.807, 2.05) is 39.0 Å². The maximum Gasteiger partial charge on any atom is 0.147 e. The number of carbonyl (C=O) groups is 1. The molecule has 3 rings (SSSR count). The molecular weight excluding hydrogens is 366 g/mol. The third kappa shape index (κ3) is 3.08. The van der Waals surface area contributed by atoms with Crippen LogP contribution in [0, 0.1) is 20.8 Å². The summed E-state index contributed by atoms with van der Waals surface area (Å²) in [5.74, 6) is -0.421. The molecule has 0 bridgehead atoms. The van der Waals surface area contributed by atoms with Crippen LogP contribution in [0.4, 0.5) is 0 Å². The maximum atomic E-state index is 12.6. The molecule has 4 heteroatoms. The summed E-state index contributed by atoms with van der Waals surface area (Å²) in [6.45, 7) is 6.05. The van der Waals surface area contributed by atoms with Crippen LogP contribution in [0.2, 0.25) is 0 Å². The highest BCUT2D eigenvalue weighted by atomic mass is 79.9. The molecule has 0 amide bonds. The zero-order valence-electron chi connectivity index (χ0n) is 14.0. The molecule has 0 aliphatic heterocycles. The molecule has 2 unspecified atom stereocenters. The zero-order chi connectivity index (χ0) is 17.4. The van der Waals surface area contributed by atoms with Crippen molar-refractivity contribution in [3.63, 3.8) is 0 Å². The Hall–Kier alpha value is -1.78. The molecule has 0 radical (unpaired) electrons. The van der Waals surface area contributed by atoms with Gasteiger partial charge in [-0.3, -0.25) is 9.78 Å². The smallest absolute Gasteiger partial charge is 0.147 e. The van der Waals surface area contributed by atoms with E-state index in [1.54, 1.807) is 6.20 Å². The topological polar surface area (TPSA) is 50.2 Å². The zero-order valence-corrected chi connectivity index (χ0v) is 15.6. The lowest BCUT2D eigenvalue weighted by Gasteiger charge is -2.20. The first-order valence-corrected chi connectivity index (χ1v) is 8.77. The number of nitrogens with zero attached hydrogens (tertiary/aromatic N) is 1. The van der Waals surface area contributed by atoms with Crippen LogP contribution in [0.5, 0.6) is 0 Å². The molecule has 1 aliphatic carbocycles. The van der Waals surface area contributed by atoms with Gasteiger partial charge in [0.25, 0.3) is 0 Å². The van der Waals surface area contributed by atoms with Crippen LogP contribution in [-0.2, 0) is 4.79 Å². The van der Waals surface area contributed by atoms with Crippen molar-refractivity contribution in [2.24, 2.45) is 0 Å².